The maximum absolute atomic E-state index is 12.4. The van der Waals surface area contributed by atoms with E-state index in [1.165, 1.54) is 0 Å². The van der Waals surface area contributed by atoms with Gasteiger partial charge in [-0.2, -0.15) is 0 Å². The van der Waals surface area contributed by atoms with Gasteiger partial charge in [0, 0.05) is 18.8 Å². The molecule has 2 aromatic carbocycles. The Kier molecular flexibility index (Phi) is 5.30. The van der Waals surface area contributed by atoms with Crippen molar-refractivity contribution in [3.8, 4) is 11.1 Å². The summed E-state index contributed by atoms with van der Waals surface area (Å²) in [5.74, 6) is -2.75. The molecule has 2 atom stereocenters. The van der Waals surface area contributed by atoms with Gasteiger partial charge in [0.25, 0.3) is 0 Å². The smallest absolute Gasteiger partial charge is 0.344 e. The van der Waals surface area contributed by atoms with Crippen LogP contribution in [0.3, 0.4) is 0 Å². The molecule has 0 saturated carbocycles. The first-order chi connectivity index (χ1) is 13.0. The lowest BCUT2D eigenvalue weighted by Crippen LogP contribution is -2.54. The number of fused-ring (bicyclic) bond motifs is 3. The topological polar surface area (TPSA) is 93.1 Å². The Hall–Kier alpha value is -2.70. The van der Waals surface area contributed by atoms with E-state index in [0.717, 1.165) is 22.3 Å². The van der Waals surface area contributed by atoms with E-state index in [-0.39, 0.29) is 13.2 Å². The largest absolute Gasteiger partial charge is 0.479 e. The predicted molar refractivity (Wildman–Crippen MR) is 98.7 cm³/mol. The van der Waals surface area contributed by atoms with Crippen molar-refractivity contribution in [2.24, 2.45) is 0 Å². The summed E-state index contributed by atoms with van der Waals surface area (Å²) in [6, 6.07) is 13.1. The molecule has 0 aliphatic heterocycles. The van der Waals surface area contributed by atoms with Crippen molar-refractivity contribution in [2.75, 3.05) is 13.2 Å². The maximum Gasteiger partial charge on any atom is 0.344 e. The zero-order chi connectivity index (χ0) is 19.6. The highest BCUT2D eigenvalue weighted by Gasteiger charge is 2.55. The normalized spacial score (nSPS) is 15.5. The molecule has 2 aromatic rings. The second-order valence-electron chi connectivity index (χ2n) is 6.31. The molecule has 0 radical (unpaired) electrons. The lowest BCUT2D eigenvalue weighted by atomic mass is 9.82. The number of benzene rings is 2. The zero-order valence-corrected chi connectivity index (χ0v) is 15.3. The molecule has 142 valence electrons. The number of carboxylic acids is 2. The van der Waals surface area contributed by atoms with E-state index in [1.807, 2.05) is 30.3 Å². The quantitative estimate of drug-likeness (QED) is 0.633. The summed E-state index contributed by atoms with van der Waals surface area (Å²) in [6.45, 7) is 3.34. The van der Waals surface area contributed by atoms with E-state index in [2.05, 4.69) is 0 Å². The van der Waals surface area contributed by atoms with Crippen LogP contribution in [0.5, 0.6) is 0 Å². The van der Waals surface area contributed by atoms with Gasteiger partial charge < -0.3 is 19.7 Å². The van der Waals surface area contributed by atoms with Crippen LogP contribution in [0.15, 0.2) is 42.5 Å². The highest BCUT2D eigenvalue weighted by atomic mass is 16.6. The van der Waals surface area contributed by atoms with Crippen LogP contribution in [0.2, 0.25) is 0 Å². The summed E-state index contributed by atoms with van der Waals surface area (Å²) in [5.41, 5.74) is 1.94. The first-order valence-electron chi connectivity index (χ1n) is 8.89. The summed E-state index contributed by atoms with van der Waals surface area (Å²) < 4.78 is 11.0. The molecule has 6 heteroatoms. The third-order valence-electron chi connectivity index (χ3n) is 4.87. The average molecular weight is 370 g/mol. The number of ether oxygens (including phenoxy) is 2. The third-order valence-corrected chi connectivity index (χ3v) is 4.87. The fourth-order valence-corrected chi connectivity index (χ4v) is 3.85. The van der Waals surface area contributed by atoms with Crippen LogP contribution >= 0.6 is 0 Å². The average Bonchev–Trinajstić information content (AvgIpc) is 3.03. The molecule has 0 aromatic heterocycles. The van der Waals surface area contributed by atoms with E-state index in [9.17, 15) is 19.8 Å². The molecule has 0 bridgehead atoms. The first-order valence-corrected chi connectivity index (χ1v) is 8.89. The molecule has 1 aliphatic carbocycles. The standard InChI is InChI=1S/C21H22O6/c1-3-26-18(19(22)23)21(20(24)25,27-4-2)17-11-7-10-15-14-9-6-5-8-13(14)12-16(15)17/h5-11,18H,3-4,12H2,1-2H3,(H,22,23)(H,24,25). The molecule has 6 nitrogen and oxygen atoms in total. The number of aliphatic carboxylic acids is 2. The maximum atomic E-state index is 12.4. The molecule has 1 aliphatic rings. The van der Waals surface area contributed by atoms with Crippen LogP contribution in [-0.2, 0) is 31.1 Å². The van der Waals surface area contributed by atoms with Crippen LogP contribution in [0, 0.1) is 0 Å². The highest BCUT2D eigenvalue weighted by molar-refractivity contribution is 5.91. The van der Waals surface area contributed by atoms with E-state index in [1.54, 1.807) is 26.0 Å². The van der Waals surface area contributed by atoms with E-state index < -0.39 is 23.6 Å². The number of hydrogen-bond donors (Lipinski definition) is 2. The lowest BCUT2D eigenvalue weighted by molar-refractivity contribution is -0.202. The van der Waals surface area contributed by atoms with Gasteiger partial charge in [-0.25, -0.2) is 9.59 Å². The van der Waals surface area contributed by atoms with Crippen molar-refractivity contribution in [2.45, 2.75) is 32.0 Å². The Morgan fingerprint density at radius 2 is 1.74 bits per heavy atom. The van der Waals surface area contributed by atoms with Gasteiger partial charge in [0.1, 0.15) is 0 Å². The van der Waals surface area contributed by atoms with Crippen molar-refractivity contribution in [3.63, 3.8) is 0 Å². The number of carboxylic acid groups (broad SMARTS) is 2. The fourth-order valence-electron chi connectivity index (χ4n) is 3.85. The monoisotopic (exact) mass is 370 g/mol. The molecule has 0 amide bonds. The van der Waals surface area contributed by atoms with Crippen LogP contribution in [0.1, 0.15) is 30.5 Å². The van der Waals surface area contributed by atoms with Crippen molar-refractivity contribution < 1.29 is 29.3 Å². The molecule has 0 heterocycles. The van der Waals surface area contributed by atoms with Crippen LogP contribution in [0.25, 0.3) is 11.1 Å². The Morgan fingerprint density at radius 3 is 2.37 bits per heavy atom. The summed E-state index contributed by atoms with van der Waals surface area (Å²) in [5, 5.41) is 19.9. The van der Waals surface area contributed by atoms with E-state index in [4.69, 9.17) is 9.47 Å². The number of carbonyl (C=O) groups is 2. The Balaban J connectivity index is 2.26. The Bertz CT molecular complexity index is 875. The summed E-state index contributed by atoms with van der Waals surface area (Å²) in [6.07, 6.45) is -1.16. The summed E-state index contributed by atoms with van der Waals surface area (Å²) >= 11 is 0. The molecule has 2 N–H and O–H groups in total. The first kappa shape index (κ1) is 19.1. The predicted octanol–water partition coefficient (Wildman–Crippen LogP) is 3.06. The molecular weight excluding hydrogens is 348 g/mol. The van der Waals surface area contributed by atoms with Gasteiger partial charge >= 0.3 is 11.9 Å². The minimum absolute atomic E-state index is 0.0275. The fraction of sp³-hybridized carbons (Fsp3) is 0.333. The van der Waals surface area contributed by atoms with Gasteiger partial charge in [-0.05, 0) is 42.5 Å². The highest BCUT2D eigenvalue weighted by Crippen LogP contribution is 2.44. The molecule has 0 spiro atoms. The van der Waals surface area contributed by atoms with Crippen molar-refractivity contribution in [1.82, 2.24) is 0 Å². The minimum Gasteiger partial charge on any atom is -0.479 e. The number of hydrogen-bond acceptors (Lipinski definition) is 4. The van der Waals surface area contributed by atoms with Gasteiger partial charge in [0.2, 0.25) is 5.60 Å². The minimum atomic E-state index is -2.13. The van der Waals surface area contributed by atoms with Gasteiger partial charge in [0.15, 0.2) is 6.10 Å². The summed E-state index contributed by atoms with van der Waals surface area (Å²) in [7, 11) is 0. The van der Waals surface area contributed by atoms with E-state index in [0.29, 0.717) is 12.0 Å². The third kappa shape index (κ3) is 3.01. The summed E-state index contributed by atoms with van der Waals surface area (Å²) in [4.78, 5) is 24.4. The second kappa shape index (κ2) is 7.50. The molecule has 0 fully saturated rings. The second-order valence-corrected chi connectivity index (χ2v) is 6.31. The van der Waals surface area contributed by atoms with Gasteiger partial charge in [0.05, 0.1) is 0 Å². The molecule has 2 unspecified atom stereocenters. The SMILES string of the molecule is CCOC(C(=O)O)C(OCC)(C(=O)O)c1cccc2c1Cc1ccccc1-2. The van der Waals surface area contributed by atoms with Crippen molar-refractivity contribution in [1.29, 1.82) is 0 Å². The molecule has 0 saturated heterocycles. The van der Waals surface area contributed by atoms with Crippen molar-refractivity contribution >= 4 is 11.9 Å². The van der Waals surface area contributed by atoms with Crippen LogP contribution in [-0.4, -0.2) is 41.5 Å². The van der Waals surface area contributed by atoms with Gasteiger partial charge in [-0.15, -0.1) is 0 Å². The lowest BCUT2D eigenvalue weighted by Gasteiger charge is -2.35. The van der Waals surface area contributed by atoms with Crippen LogP contribution in [0.4, 0.5) is 0 Å². The molecular formula is C21H22O6. The van der Waals surface area contributed by atoms with E-state index >= 15 is 0 Å². The van der Waals surface area contributed by atoms with Crippen LogP contribution < -0.4 is 0 Å². The van der Waals surface area contributed by atoms with Gasteiger partial charge in [-0.1, -0.05) is 42.5 Å². The van der Waals surface area contributed by atoms with Crippen molar-refractivity contribution in [3.05, 3.63) is 59.2 Å². The number of rotatable bonds is 8. The Labute approximate surface area is 157 Å². The molecule has 3 rings (SSSR count). The van der Waals surface area contributed by atoms with Gasteiger partial charge in [-0.3, -0.25) is 0 Å². The Morgan fingerprint density at radius 1 is 1.04 bits per heavy atom. The molecule has 27 heavy (non-hydrogen) atoms. The zero-order valence-electron chi connectivity index (χ0n) is 15.3.